The van der Waals surface area contributed by atoms with Crippen LogP contribution in [0.25, 0.3) is 10.2 Å². The van der Waals surface area contributed by atoms with E-state index in [0.717, 1.165) is 0 Å². The van der Waals surface area contributed by atoms with Gasteiger partial charge in [0.2, 0.25) is 5.91 Å². The molecule has 23 heavy (non-hydrogen) atoms. The maximum absolute atomic E-state index is 12.2. The summed E-state index contributed by atoms with van der Waals surface area (Å²) in [5.41, 5.74) is 0.321. The van der Waals surface area contributed by atoms with Crippen LogP contribution in [0.1, 0.15) is 5.56 Å². The first kappa shape index (κ1) is 15.2. The second-order valence-corrected chi connectivity index (χ2v) is 6.00. The van der Waals surface area contributed by atoms with Gasteiger partial charge in [-0.3, -0.25) is 14.2 Å². The Morgan fingerprint density at radius 2 is 2.26 bits per heavy atom. The van der Waals surface area contributed by atoms with Crippen LogP contribution in [-0.4, -0.2) is 15.5 Å². The molecule has 8 heteroatoms. The lowest BCUT2D eigenvalue weighted by Gasteiger charge is -2.09. The number of benzene rings is 1. The number of nitrogens with one attached hydrogen (secondary N) is 1. The third-order valence-electron chi connectivity index (χ3n) is 3.14. The standard InChI is InChI=1S/C15H9ClN4O2S/c16-10-2-1-9(6-17)12(5-10)19-13(21)7-20-8-18-14-11(15(20)22)3-4-23-14/h1-5,8H,7H2,(H,19,21). The van der Waals surface area contributed by atoms with Gasteiger partial charge in [-0.25, -0.2) is 4.98 Å². The van der Waals surface area contributed by atoms with Crippen LogP contribution in [0.5, 0.6) is 0 Å². The lowest BCUT2D eigenvalue weighted by Crippen LogP contribution is -2.27. The maximum atomic E-state index is 12.2. The van der Waals surface area contributed by atoms with Gasteiger partial charge in [-0.05, 0) is 29.6 Å². The Kier molecular flexibility index (Phi) is 4.10. The van der Waals surface area contributed by atoms with Gasteiger partial charge in [0.15, 0.2) is 0 Å². The van der Waals surface area contributed by atoms with E-state index in [1.807, 2.05) is 6.07 Å². The summed E-state index contributed by atoms with van der Waals surface area (Å²) in [6.07, 6.45) is 1.34. The number of nitrogens with zero attached hydrogens (tertiary/aromatic N) is 3. The molecule has 3 aromatic rings. The van der Waals surface area contributed by atoms with Crippen LogP contribution in [0, 0.1) is 11.3 Å². The summed E-state index contributed by atoms with van der Waals surface area (Å²) in [4.78, 5) is 29.1. The molecule has 0 aliphatic heterocycles. The van der Waals surface area contributed by atoms with E-state index < -0.39 is 5.91 Å². The van der Waals surface area contributed by atoms with Gasteiger partial charge in [0.25, 0.3) is 5.56 Å². The molecule has 6 nitrogen and oxygen atoms in total. The predicted octanol–water partition coefficient (Wildman–Crippen LogP) is 2.62. The number of carbonyl (C=O) groups is 1. The first-order valence-electron chi connectivity index (χ1n) is 6.50. The zero-order chi connectivity index (χ0) is 16.4. The van der Waals surface area contributed by atoms with E-state index in [2.05, 4.69) is 10.3 Å². The van der Waals surface area contributed by atoms with Crippen molar-refractivity contribution in [2.24, 2.45) is 0 Å². The number of thiophene rings is 1. The van der Waals surface area contributed by atoms with Crippen molar-refractivity contribution in [1.29, 1.82) is 5.26 Å². The number of hydrogen-bond donors (Lipinski definition) is 1. The van der Waals surface area contributed by atoms with Gasteiger partial charge in [-0.15, -0.1) is 11.3 Å². The average molecular weight is 345 g/mol. The molecule has 2 aromatic heterocycles. The van der Waals surface area contributed by atoms with E-state index in [0.29, 0.717) is 26.5 Å². The van der Waals surface area contributed by atoms with E-state index in [4.69, 9.17) is 16.9 Å². The predicted molar refractivity (Wildman–Crippen MR) is 88.7 cm³/mol. The fourth-order valence-corrected chi connectivity index (χ4v) is 2.96. The fraction of sp³-hybridized carbons (Fsp3) is 0.0667. The van der Waals surface area contributed by atoms with Gasteiger partial charge in [0.1, 0.15) is 17.4 Å². The van der Waals surface area contributed by atoms with Crippen molar-refractivity contribution in [3.63, 3.8) is 0 Å². The molecule has 0 fully saturated rings. The number of rotatable bonds is 3. The molecule has 0 saturated carbocycles. The number of halogens is 1. The summed E-state index contributed by atoms with van der Waals surface area (Å²) in [7, 11) is 0. The molecule has 0 atom stereocenters. The molecule has 1 amide bonds. The number of hydrogen-bond acceptors (Lipinski definition) is 5. The van der Waals surface area contributed by atoms with E-state index in [1.165, 1.54) is 34.4 Å². The van der Waals surface area contributed by atoms with Crippen LogP contribution in [-0.2, 0) is 11.3 Å². The van der Waals surface area contributed by atoms with Gasteiger partial charge in [0.05, 0.1) is 23.0 Å². The van der Waals surface area contributed by atoms with Crippen LogP contribution in [0.3, 0.4) is 0 Å². The topological polar surface area (TPSA) is 87.8 Å². The lowest BCUT2D eigenvalue weighted by molar-refractivity contribution is -0.116. The minimum atomic E-state index is -0.442. The van der Waals surface area contributed by atoms with E-state index >= 15 is 0 Å². The molecule has 2 heterocycles. The summed E-state index contributed by atoms with van der Waals surface area (Å²) >= 11 is 7.23. The summed E-state index contributed by atoms with van der Waals surface area (Å²) in [5, 5.41) is 14.3. The van der Waals surface area contributed by atoms with Crippen LogP contribution in [0.15, 0.2) is 40.8 Å². The SMILES string of the molecule is N#Cc1ccc(Cl)cc1NC(=O)Cn1cnc2sccc2c1=O. The number of aromatic nitrogens is 2. The van der Waals surface area contributed by atoms with E-state index in [1.54, 1.807) is 17.5 Å². The Balaban J connectivity index is 1.84. The zero-order valence-electron chi connectivity index (χ0n) is 11.6. The van der Waals surface area contributed by atoms with Crippen LogP contribution < -0.4 is 10.9 Å². The number of carbonyl (C=O) groups excluding carboxylic acids is 1. The van der Waals surface area contributed by atoms with Crippen LogP contribution in [0.4, 0.5) is 5.69 Å². The molecular formula is C15H9ClN4O2S. The highest BCUT2D eigenvalue weighted by atomic mass is 35.5. The average Bonchev–Trinajstić information content (AvgIpc) is 3.00. The smallest absolute Gasteiger partial charge is 0.262 e. The van der Waals surface area contributed by atoms with Gasteiger partial charge < -0.3 is 5.32 Å². The first-order valence-corrected chi connectivity index (χ1v) is 7.76. The molecule has 1 N–H and O–H groups in total. The fourth-order valence-electron chi connectivity index (χ4n) is 2.07. The van der Waals surface area contributed by atoms with Gasteiger partial charge >= 0.3 is 0 Å². The molecular weight excluding hydrogens is 336 g/mol. The Bertz CT molecular complexity index is 1000. The van der Waals surface area contributed by atoms with Crippen molar-refractivity contribution < 1.29 is 4.79 Å². The number of nitriles is 1. The molecule has 1 aromatic carbocycles. The number of fused-ring (bicyclic) bond motifs is 1. The van der Waals surface area contributed by atoms with Gasteiger partial charge in [-0.1, -0.05) is 11.6 Å². The molecule has 0 bridgehead atoms. The number of anilines is 1. The Morgan fingerprint density at radius 3 is 3.04 bits per heavy atom. The van der Waals surface area contributed by atoms with Crippen molar-refractivity contribution in [2.75, 3.05) is 5.32 Å². The first-order chi connectivity index (χ1) is 11.1. The molecule has 114 valence electrons. The number of amides is 1. The van der Waals surface area contributed by atoms with Crippen LogP contribution >= 0.6 is 22.9 Å². The normalized spacial score (nSPS) is 10.4. The minimum absolute atomic E-state index is 0.199. The van der Waals surface area contributed by atoms with E-state index in [9.17, 15) is 9.59 Å². The Morgan fingerprint density at radius 1 is 1.43 bits per heavy atom. The summed E-state index contributed by atoms with van der Waals surface area (Å²) in [6.45, 7) is -0.199. The molecule has 0 saturated heterocycles. The molecule has 0 spiro atoms. The molecule has 0 radical (unpaired) electrons. The van der Waals surface area contributed by atoms with Gasteiger partial charge in [-0.2, -0.15) is 5.26 Å². The molecule has 3 rings (SSSR count). The van der Waals surface area contributed by atoms with Crippen molar-refractivity contribution in [3.8, 4) is 6.07 Å². The second kappa shape index (κ2) is 6.20. The van der Waals surface area contributed by atoms with Crippen molar-refractivity contribution in [2.45, 2.75) is 6.54 Å². The summed E-state index contributed by atoms with van der Waals surface area (Å²) < 4.78 is 1.22. The van der Waals surface area contributed by atoms with Gasteiger partial charge in [0, 0.05) is 5.02 Å². The molecule has 0 aliphatic rings. The monoisotopic (exact) mass is 344 g/mol. The highest BCUT2D eigenvalue weighted by molar-refractivity contribution is 7.16. The highest BCUT2D eigenvalue weighted by Gasteiger charge is 2.11. The van der Waals surface area contributed by atoms with Crippen molar-refractivity contribution >= 4 is 44.7 Å². The Hall–Kier alpha value is -2.69. The Labute approximate surface area is 139 Å². The highest BCUT2D eigenvalue weighted by Crippen LogP contribution is 2.20. The quantitative estimate of drug-likeness (QED) is 0.791. The van der Waals surface area contributed by atoms with Crippen LogP contribution in [0.2, 0.25) is 5.02 Å². The van der Waals surface area contributed by atoms with Crippen molar-refractivity contribution in [3.05, 3.63) is 56.9 Å². The molecule has 0 unspecified atom stereocenters. The maximum Gasteiger partial charge on any atom is 0.262 e. The van der Waals surface area contributed by atoms with Crippen molar-refractivity contribution in [1.82, 2.24) is 9.55 Å². The minimum Gasteiger partial charge on any atom is -0.323 e. The zero-order valence-corrected chi connectivity index (χ0v) is 13.2. The lowest BCUT2D eigenvalue weighted by atomic mass is 10.2. The summed E-state index contributed by atoms with van der Waals surface area (Å²) in [6, 6.07) is 8.21. The summed E-state index contributed by atoms with van der Waals surface area (Å²) in [5.74, 6) is -0.442. The molecule has 0 aliphatic carbocycles. The second-order valence-electron chi connectivity index (χ2n) is 4.67. The third-order valence-corrected chi connectivity index (χ3v) is 4.20. The third kappa shape index (κ3) is 3.08. The largest absolute Gasteiger partial charge is 0.323 e. The van der Waals surface area contributed by atoms with E-state index in [-0.39, 0.29) is 12.1 Å².